The zero-order valence-electron chi connectivity index (χ0n) is 15.7. The van der Waals surface area contributed by atoms with Gasteiger partial charge in [-0.3, -0.25) is 4.79 Å². The third-order valence-electron chi connectivity index (χ3n) is 5.40. The van der Waals surface area contributed by atoms with E-state index in [4.69, 9.17) is 9.31 Å². The molecular weight excluding hydrogens is 357 g/mol. The fraction of sp³-hybridized carbons (Fsp3) is 0.611. The molecule has 0 saturated carbocycles. The molecule has 0 unspecified atom stereocenters. The average molecular weight is 385 g/mol. The summed E-state index contributed by atoms with van der Waals surface area (Å²) in [5.41, 5.74) is -0.448. The van der Waals surface area contributed by atoms with E-state index in [2.05, 4.69) is 10.6 Å². The number of hydrogen-bond donors (Lipinski definition) is 2. The van der Waals surface area contributed by atoms with Crippen LogP contribution in [-0.2, 0) is 9.31 Å². The van der Waals surface area contributed by atoms with Gasteiger partial charge in [0.05, 0.1) is 11.2 Å². The highest BCUT2D eigenvalue weighted by atomic mass is 35.5. The van der Waals surface area contributed by atoms with Crippen LogP contribution in [0, 0.1) is 5.82 Å². The van der Waals surface area contributed by atoms with E-state index in [0.717, 1.165) is 25.9 Å². The van der Waals surface area contributed by atoms with Crippen LogP contribution in [0.5, 0.6) is 0 Å². The number of rotatable bonds is 3. The molecule has 0 aromatic heterocycles. The van der Waals surface area contributed by atoms with Gasteiger partial charge in [0.2, 0.25) is 0 Å². The highest BCUT2D eigenvalue weighted by Gasteiger charge is 2.52. The number of amides is 1. The van der Waals surface area contributed by atoms with Crippen molar-refractivity contribution < 1.29 is 18.5 Å². The van der Waals surface area contributed by atoms with Gasteiger partial charge in [-0.05, 0) is 65.3 Å². The van der Waals surface area contributed by atoms with Crippen LogP contribution in [0.2, 0.25) is 0 Å². The normalized spacial score (nSPS) is 24.0. The van der Waals surface area contributed by atoms with Crippen LogP contribution in [0.1, 0.15) is 50.9 Å². The van der Waals surface area contributed by atoms with E-state index in [1.54, 1.807) is 0 Å². The van der Waals surface area contributed by atoms with Gasteiger partial charge in [-0.15, -0.1) is 12.4 Å². The van der Waals surface area contributed by atoms with Crippen molar-refractivity contribution in [1.29, 1.82) is 0 Å². The highest BCUT2D eigenvalue weighted by Crippen LogP contribution is 2.36. The van der Waals surface area contributed by atoms with E-state index in [9.17, 15) is 9.18 Å². The van der Waals surface area contributed by atoms with Gasteiger partial charge in [0.15, 0.2) is 0 Å². The van der Waals surface area contributed by atoms with Crippen LogP contribution in [0.3, 0.4) is 0 Å². The molecule has 2 N–H and O–H groups in total. The van der Waals surface area contributed by atoms with Crippen LogP contribution in [0.15, 0.2) is 18.2 Å². The first-order valence-electron chi connectivity index (χ1n) is 8.86. The maximum absolute atomic E-state index is 14.3. The lowest BCUT2D eigenvalue weighted by Gasteiger charge is -2.32. The summed E-state index contributed by atoms with van der Waals surface area (Å²) in [6.07, 6.45) is 1.98. The second-order valence-electron chi connectivity index (χ2n) is 7.84. The van der Waals surface area contributed by atoms with E-state index in [1.807, 2.05) is 27.7 Å². The Balaban J connectivity index is 0.00000243. The number of carbonyl (C=O) groups is 1. The zero-order valence-corrected chi connectivity index (χ0v) is 16.5. The Bertz CT molecular complexity index is 650. The van der Waals surface area contributed by atoms with Crippen LogP contribution in [0.25, 0.3) is 0 Å². The molecule has 0 radical (unpaired) electrons. The maximum Gasteiger partial charge on any atom is 0.497 e. The Hall–Kier alpha value is -1.15. The largest absolute Gasteiger partial charge is 0.497 e. The van der Waals surface area contributed by atoms with E-state index in [-0.39, 0.29) is 29.8 Å². The quantitative estimate of drug-likeness (QED) is 0.783. The standard InChI is InChI=1S/C18H26BFN2O3.ClH/c1-17(2)18(3,4)25-19(24-17)14-10-12(7-8-15(14)20)16(23)22-13-6-5-9-21-11-13;/h7-8,10,13,21H,5-6,9,11H2,1-4H3,(H,22,23);1H/t13-;/m0./s1. The molecule has 1 aromatic carbocycles. The summed E-state index contributed by atoms with van der Waals surface area (Å²) in [5, 5.41) is 6.26. The molecule has 5 nitrogen and oxygen atoms in total. The van der Waals surface area contributed by atoms with Gasteiger partial charge in [0, 0.05) is 23.6 Å². The molecule has 2 fully saturated rings. The van der Waals surface area contributed by atoms with Crippen molar-refractivity contribution in [2.24, 2.45) is 0 Å². The predicted molar refractivity (Wildman–Crippen MR) is 103 cm³/mol. The number of piperidine rings is 1. The lowest BCUT2D eigenvalue weighted by Crippen LogP contribution is -2.46. The third kappa shape index (κ3) is 4.22. The number of hydrogen-bond acceptors (Lipinski definition) is 4. The molecule has 2 heterocycles. The molecule has 2 saturated heterocycles. The Morgan fingerprint density at radius 1 is 1.27 bits per heavy atom. The second-order valence-corrected chi connectivity index (χ2v) is 7.84. The van der Waals surface area contributed by atoms with Gasteiger partial charge in [0.1, 0.15) is 5.82 Å². The second kappa shape index (κ2) is 7.84. The highest BCUT2D eigenvalue weighted by molar-refractivity contribution is 6.62. The van der Waals surface area contributed by atoms with Crippen molar-refractivity contribution >= 4 is 30.9 Å². The first-order chi connectivity index (χ1) is 11.7. The summed E-state index contributed by atoms with van der Waals surface area (Å²) in [7, 11) is -0.825. The van der Waals surface area contributed by atoms with Gasteiger partial charge < -0.3 is 19.9 Å². The number of carbonyl (C=O) groups excluding carboxylic acids is 1. The molecule has 8 heteroatoms. The summed E-state index contributed by atoms with van der Waals surface area (Å²) >= 11 is 0. The third-order valence-corrected chi connectivity index (χ3v) is 5.40. The summed E-state index contributed by atoms with van der Waals surface area (Å²) in [5.74, 6) is -0.638. The topological polar surface area (TPSA) is 59.6 Å². The molecular formula is C18H27BClFN2O3. The van der Waals surface area contributed by atoms with Gasteiger partial charge >= 0.3 is 7.12 Å². The van der Waals surface area contributed by atoms with Crippen molar-refractivity contribution in [2.75, 3.05) is 13.1 Å². The van der Waals surface area contributed by atoms with Crippen LogP contribution >= 0.6 is 12.4 Å². The molecule has 144 valence electrons. The Kier molecular flexibility index (Phi) is 6.38. The Morgan fingerprint density at radius 2 is 1.92 bits per heavy atom. The van der Waals surface area contributed by atoms with E-state index in [0.29, 0.717) is 5.56 Å². The van der Waals surface area contributed by atoms with Gasteiger partial charge in [-0.25, -0.2) is 4.39 Å². The minimum Gasteiger partial charge on any atom is -0.399 e. The van der Waals surface area contributed by atoms with Crippen LogP contribution in [-0.4, -0.2) is 43.4 Å². The average Bonchev–Trinajstić information content (AvgIpc) is 2.76. The SMILES string of the molecule is CC1(C)OB(c2cc(C(=O)N[C@H]3CCCNC3)ccc2F)OC1(C)C.Cl. The molecule has 2 aliphatic heterocycles. The first kappa shape index (κ1) is 21.2. The minimum absolute atomic E-state index is 0. The Morgan fingerprint density at radius 3 is 2.50 bits per heavy atom. The van der Waals surface area contributed by atoms with Gasteiger partial charge in [-0.1, -0.05) is 0 Å². The molecule has 1 aromatic rings. The van der Waals surface area contributed by atoms with E-state index >= 15 is 0 Å². The monoisotopic (exact) mass is 384 g/mol. The smallest absolute Gasteiger partial charge is 0.399 e. The van der Waals surface area contributed by atoms with Crippen molar-refractivity contribution in [2.45, 2.75) is 57.8 Å². The number of benzene rings is 1. The van der Waals surface area contributed by atoms with Crippen molar-refractivity contribution in [1.82, 2.24) is 10.6 Å². The molecule has 1 atom stereocenters. The maximum atomic E-state index is 14.3. The molecule has 0 bridgehead atoms. The fourth-order valence-corrected chi connectivity index (χ4v) is 3.08. The molecule has 3 rings (SSSR count). The summed E-state index contributed by atoms with van der Waals surface area (Å²) < 4.78 is 26.2. The minimum atomic E-state index is -0.825. The van der Waals surface area contributed by atoms with Crippen molar-refractivity contribution in [3.8, 4) is 0 Å². The van der Waals surface area contributed by atoms with E-state index in [1.165, 1.54) is 18.2 Å². The molecule has 2 aliphatic rings. The molecule has 0 spiro atoms. The van der Waals surface area contributed by atoms with Crippen LogP contribution < -0.4 is 16.1 Å². The summed E-state index contributed by atoms with van der Waals surface area (Å²) in [4.78, 5) is 12.5. The van der Waals surface area contributed by atoms with E-state index < -0.39 is 24.1 Å². The summed E-state index contributed by atoms with van der Waals surface area (Å²) in [6, 6.07) is 4.43. The van der Waals surface area contributed by atoms with Crippen LogP contribution in [0.4, 0.5) is 4.39 Å². The molecule has 1 amide bonds. The lowest BCUT2D eigenvalue weighted by molar-refractivity contribution is 0.00578. The van der Waals surface area contributed by atoms with Crippen molar-refractivity contribution in [3.05, 3.63) is 29.6 Å². The summed E-state index contributed by atoms with van der Waals surface area (Å²) in [6.45, 7) is 9.40. The van der Waals surface area contributed by atoms with Gasteiger partial charge in [0.25, 0.3) is 5.91 Å². The van der Waals surface area contributed by atoms with Gasteiger partial charge in [-0.2, -0.15) is 0 Å². The number of nitrogens with one attached hydrogen (secondary N) is 2. The predicted octanol–water partition coefficient (Wildman–Crippen LogP) is 2.03. The molecule has 0 aliphatic carbocycles. The molecule has 26 heavy (non-hydrogen) atoms. The Labute approximate surface area is 160 Å². The first-order valence-corrected chi connectivity index (χ1v) is 8.86. The fourth-order valence-electron chi connectivity index (χ4n) is 3.08. The van der Waals surface area contributed by atoms with Crippen molar-refractivity contribution in [3.63, 3.8) is 0 Å². The number of halogens is 2. The lowest BCUT2D eigenvalue weighted by atomic mass is 9.78. The zero-order chi connectivity index (χ0) is 18.2.